The Kier molecular flexibility index (Phi) is 3.53. The van der Waals surface area contributed by atoms with Gasteiger partial charge in [-0.25, -0.2) is 0 Å². The highest BCUT2D eigenvalue weighted by Gasteiger charge is 2.21. The van der Waals surface area contributed by atoms with Gasteiger partial charge in [0.25, 0.3) is 0 Å². The molecule has 2 heteroatoms. The average Bonchev–Trinajstić information content (AvgIpc) is 2.04. The van der Waals surface area contributed by atoms with Crippen LogP contribution in [-0.2, 0) is 0 Å². The van der Waals surface area contributed by atoms with Crippen LogP contribution in [0, 0.1) is 5.92 Å². The molecule has 1 aliphatic rings. The molecule has 0 bridgehead atoms. The van der Waals surface area contributed by atoms with E-state index in [1.807, 2.05) is 0 Å². The third-order valence-electron chi connectivity index (χ3n) is 2.82. The third kappa shape index (κ3) is 2.46. The van der Waals surface area contributed by atoms with Gasteiger partial charge in [-0.05, 0) is 26.2 Å². The van der Waals surface area contributed by atoms with Crippen molar-refractivity contribution < 1.29 is 0 Å². The topological polar surface area (TPSA) is 15.3 Å². The minimum Gasteiger partial charge on any atom is -0.301 e. The quantitative estimate of drug-likeness (QED) is 0.678. The highest BCUT2D eigenvalue weighted by Crippen LogP contribution is 2.12. The molecule has 0 aromatic carbocycles. The molecule has 2 nitrogen and oxygen atoms in total. The molecule has 12 heavy (non-hydrogen) atoms. The molecule has 1 atom stereocenters. The molecule has 0 aromatic rings. The summed E-state index contributed by atoms with van der Waals surface area (Å²) in [4.78, 5) is 2.48. The highest BCUT2D eigenvalue weighted by molar-refractivity contribution is 4.78. The van der Waals surface area contributed by atoms with Crippen molar-refractivity contribution in [1.29, 1.82) is 0 Å². The first-order valence-corrected chi connectivity index (χ1v) is 5.08. The molecule has 1 rings (SSSR count). The van der Waals surface area contributed by atoms with Gasteiger partial charge in [0.2, 0.25) is 0 Å². The number of rotatable bonds is 2. The normalized spacial score (nSPS) is 27.0. The van der Waals surface area contributed by atoms with Crippen molar-refractivity contribution in [3.63, 3.8) is 0 Å². The van der Waals surface area contributed by atoms with Gasteiger partial charge in [-0.3, -0.25) is 4.90 Å². The Morgan fingerprint density at radius 1 is 1.25 bits per heavy atom. The summed E-state index contributed by atoms with van der Waals surface area (Å²) in [5.41, 5.74) is 0. The van der Waals surface area contributed by atoms with Crippen LogP contribution in [0.1, 0.15) is 34.1 Å². The first-order valence-electron chi connectivity index (χ1n) is 5.08. The summed E-state index contributed by atoms with van der Waals surface area (Å²) in [6.07, 6.45) is 1.30. The summed E-state index contributed by atoms with van der Waals surface area (Å²) in [5, 5.41) is 3.58. The van der Waals surface area contributed by atoms with E-state index >= 15 is 0 Å². The van der Waals surface area contributed by atoms with Crippen LogP contribution in [0.15, 0.2) is 0 Å². The number of nitrogens with one attached hydrogen (secondary N) is 1. The van der Waals surface area contributed by atoms with Gasteiger partial charge in [-0.1, -0.05) is 13.8 Å². The van der Waals surface area contributed by atoms with Crippen molar-refractivity contribution in [3.05, 3.63) is 0 Å². The van der Waals surface area contributed by atoms with Gasteiger partial charge < -0.3 is 5.32 Å². The monoisotopic (exact) mass is 170 g/mol. The molecule has 0 saturated carbocycles. The molecule has 0 aromatic heterocycles. The van der Waals surface area contributed by atoms with E-state index in [1.54, 1.807) is 0 Å². The largest absolute Gasteiger partial charge is 0.301 e. The molecule has 1 fully saturated rings. The Bertz CT molecular complexity index is 108. The first-order chi connectivity index (χ1) is 5.61. The maximum Gasteiger partial charge on any atom is 0.0485 e. The molecular formula is C10H22N2. The Morgan fingerprint density at radius 2 is 1.92 bits per heavy atom. The maximum atomic E-state index is 3.58. The van der Waals surface area contributed by atoms with E-state index in [4.69, 9.17) is 0 Å². The fourth-order valence-corrected chi connectivity index (χ4v) is 1.73. The molecule has 0 aliphatic carbocycles. The van der Waals surface area contributed by atoms with Crippen LogP contribution in [0.3, 0.4) is 0 Å². The van der Waals surface area contributed by atoms with Gasteiger partial charge in [0.15, 0.2) is 0 Å². The van der Waals surface area contributed by atoms with E-state index in [1.165, 1.54) is 13.0 Å². The molecule has 1 N–H and O–H groups in total. The molecule has 1 heterocycles. The lowest BCUT2D eigenvalue weighted by molar-refractivity contribution is 0.131. The standard InChI is InChI=1S/C10H22N2/c1-8(2)10-5-6-12(7-11-10)9(3)4/h8-11H,5-7H2,1-4H3. The zero-order valence-electron chi connectivity index (χ0n) is 8.80. The molecule has 1 saturated heterocycles. The minimum atomic E-state index is 0.686. The Morgan fingerprint density at radius 3 is 2.25 bits per heavy atom. The molecule has 1 aliphatic heterocycles. The average molecular weight is 170 g/mol. The summed E-state index contributed by atoms with van der Waals surface area (Å²) < 4.78 is 0. The summed E-state index contributed by atoms with van der Waals surface area (Å²) in [7, 11) is 0. The summed E-state index contributed by atoms with van der Waals surface area (Å²) in [6, 6.07) is 1.42. The number of hydrogen-bond acceptors (Lipinski definition) is 2. The second-order valence-corrected chi connectivity index (χ2v) is 4.41. The summed E-state index contributed by atoms with van der Waals surface area (Å²) >= 11 is 0. The summed E-state index contributed by atoms with van der Waals surface area (Å²) in [5.74, 6) is 0.777. The Hall–Kier alpha value is -0.0800. The molecular weight excluding hydrogens is 148 g/mol. The van der Waals surface area contributed by atoms with Gasteiger partial charge in [0.05, 0.1) is 0 Å². The lowest BCUT2D eigenvalue weighted by atomic mass is 9.99. The molecule has 0 spiro atoms. The molecule has 0 amide bonds. The van der Waals surface area contributed by atoms with Gasteiger partial charge in [-0.15, -0.1) is 0 Å². The van der Waals surface area contributed by atoms with Crippen molar-refractivity contribution in [2.75, 3.05) is 13.2 Å². The fraction of sp³-hybridized carbons (Fsp3) is 1.00. The molecule has 72 valence electrons. The van der Waals surface area contributed by atoms with Gasteiger partial charge in [-0.2, -0.15) is 0 Å². The van der Waals surface area contributed by atoms with Crippen molar-refractivity contribution >= 4 is 0 Å². The van der Waals surface area contributed by atoms with Crippen LogP contribution in [0.2, 0.25) is 0 Å². The SMILES string of the molecule is CC(C)C1CCN(C(C)C)CN1. The van der Waals surface area contributed by atoms with E-state index in [0.717, 1.165) is 18.6 Å². The van der Waals surface area contributed by atoms with Crippen molar-refractivity contribution in [2.24, 2.45) is 5.92 Å². The molecule has 1 unspecified atom stereocenters. The maximum absolute atomic E-state index is 3.58. The van der Waals surface area contributed by atoms with Crippen LogP contribution in [0.5, 0.6) is 0 Å². The van der Waals surface area contributed by atoms with Crippen LogP contribution >= 0.6 is 0 Å². The van der Waals surface area contributed by atoms with Crippen LogP contribution in [0.4, 0.5) is 0 Å². The lowest BCUT2D eigenvalue weighted by Crippen LogP contribution is -2.51. The van der Waals surface area contributed by atoms with Crippen molar-refractivity contribution in [3.8, 4) is 0 Å². The molecule has 0 radical (unpaired) electrons. The van der Waals surface area contributed by atoms with E-state index in [9.17, 15) is 0 Å². The Balaban J connectivity index is 2.30. The van der Waals surface area contributed by atoms with E-state index < -0.39 is 0 Å². The van der Waals surface area contributed by atoms with Crippen molar-refractivity contribution in [1.82, 2.24) is 10.2 Å². The number of hydrogen-bond donors (Lipinski definition) is 1. The van der Waals surface area contributed by atoms with Crippen LogP contribution < -0.4 is 5.32 Å². The van der Waals surface area contributed by atoms with Gasteiger partial charge in [0.1, 0.15) is 0 Å². The predicted molar refractivity (Wildman–Crippen MR) is 53.1 cm³/mol. The minimum absolute atomic E-state index is 0.686. The van der Waals surface area contributed by atoms with Gasteiger partial charge >= 0.3 is 0 Å². The highest BCUT2D eigenvalue weighted by atomic mass is 15.3. The van der Waals surface area contributed by atoms with E-state index in [2.05, 4.69) is 37.9 Å². The van der Waals surface area contributed by atoms with Gasteiger partial charge in [0, 0.05) is 25.3 Å². The lowest BCUT2D eigenvalue weighted by Gasteiger charge is -2.37. The second kappa shape index (κ2) is 4.24. The first kappa shape index (κ1) is 10.0. The third-order valence-corrected chi connectivity index (χ3v) is 2.82. The van der Waals surface area contributed by atoms with E-state index in [0.29, 0.717) is 6.04 Å². The van der Waals surface area contributed by atoms with E-state index in [-0.39, 0.29) is 0 Å². The zero-order valence-corrected chi connectivity index (χ0v) is 8.80. The fourth-order valence-electron chi connectivity index (χ4n) is 1.73. The number of nitrogens with zero attached hydrogens (tertiary/aromatic N) is 1. The smallest absolute Gasteiger partial charge is 0.0485 e. The predicted octanol–water partition coefficient (Wildman–Crippen LogP) is 1.67. The van der Waals surface area contributed by atoms with Crippen LogP contribution in [0.25, 0.3) is 0 Å². The van der Waals surface area contributed by atoms with Crippen molar-refractivity contribution in [2.45, 2.75) is 46.2 Å². The Labute approximate surface area is 76.3 Å². The van der Waals surface area contributed by atoms with Crippen LogP contribution in [-0.4, -0.2) is 30.2 Å². The zero-order chi connectivity index (χ0) is 9.14. The summed E-state index contributed by atoms with van der Waals surface area (Å²) in [6.45, 7) is 11.4. The second-order valence-electron chi connectivity index (χ2n) is 4.41.